The average molecular weight is 504 g/mol. The zero-order valence-corrected chi connectivity index (χ0v) is 20.1. The maximum atomic E-state index is 12.7. The molecule has 0 saturated carbocycles. The molecule has 15 heteroatoms. The summed E-state index contributed by atoms with van der Waals surface area (Å²) in [6.07, 6.45) is -1.61. The van der Waals surface area contributed by atoms with E-state index in [1.165, 1.54) is 6.92 Å². The Bertz CT molecular complexity index is 785. The first-order valence-electron chi connectivity index (χ1n) is 11.1. The van der Waals surface area contributed by atoms with Crippen LogP contribution in [0.2, 0.25) is 0 Å². The minimum absolute atomic E-state index is 0.0779. The number of nitrogens with one attached hydrogen (secondary N) is 3. The molecule has 0 aromatic carbocycles. The van der Waals surface area contributed by atoms with Crippen LogP contribution in [0.4, 0.5) is 0 Å². The van der Waals surface area contributed by atoms with Crippen LogP contribution in [0.15, 0.2) is 4.99 Å². The molecule has 6 atom stereocenters. The Kier molecular flexibility index (Phi) is 13.9. The maximum Gasteiger partial charge on any atom is 0.326 e. The fraction of sp³-hybridized carbons (Fsp3) is 0.700. The summed E-state index contributed by atoms with van der Waals surface area (Å²) in [6, 6.07) is -5.62. The first-order valence-corrected chi connectivity index (χ1v) is 11.1. The predicted molar refractivity (Wildman–Crippen MR) is 125 cm³/mol. The fourth-order valence-electron chi connectivity index (χ4n) is 2.85. The van der Waals surface area contributed by atoms with Gasteiger partial charge in [0.05, 0.1) is 18.6 Å². The molecule has 3 amide bonds. The lowest BCUT2D eigenvalue weighted by atomic mass is 9.98. The third-order valence-corrected chi connectivity index (χ3v) is 5.19. The zero-order valence-electron chi connectivity index (χ0n) is 20.1. The summed E-state index contributed by atoms with van der Waals surface area (Å²) in [5.41, 5.74) is 16.2. The number of nitrogens with zero attached hydrogens (tertiary/aromatic N) is 1. The van der Waals surface area contributed by atoms with Crippen molar-refractivity contribution in [2.45, 2.75) is 76.7 Å². The van der Waals surface area contributed by atoms with Crippen LogP contribution in [0.3, 0.4) is 0 Å². The lowest BCUT2D eigenvalue weighted by Crippen LogP contribution is -2.60. The normalized spacial score (nSPS) is 15.9. The van der Waals surface area contributed by atoms with Gasteiger partial charge in [-0.05, 0) is 25.7 Å². The smallest absolute Gasteiger partial charge is 0.326 e. The van der Waals surface area contributed by atoms with E-state index in [0.29, 0.717) is 6.42 Å². The molecule has 0 heterocycles. The first-order chi connectivity index (χ1) is 16.2. The van der Waals surface area contributed by atoms with Crippen LogP contribution in [-0.2, 0) is 24.0 Å². The van der Waals surface area contributed by atoms with Crippen molar-refractivity contribution in [1.29, 1.82) is 0 Å². The molecular formula is C20H37N7O8. The lowest BCUT2D eigenvalue weighted by Gasteiger charge is -2.27. The number of hydrogen-bond acceptors (Lipinski definition) is 8. The summed E-state index contributed by atoms with van der Waals surface area (Å²) in [5.74, 6) is -6.11. The fourth-order valence-corrected chi connectivity index (χ4v) is 2.85. The van der Waals surface area contributed by atoms with Gasteiger partial charge in [-0.25, -0.2) is 4.79 Å². The van der Waals surface area contributed by atoms with Crippen LogP contribution in [0.1, 0.15) is 46.5 Å². The van der Waals surface area contributed by atoms with E-state index in [9.17, 15) is 34.2 Å². The number of amides is 3. The molecule has 0 radical (unpaired) electrons. The number of aliphatic hydroxyl groups is 1. The Balaban J connectivity index is 5.44. The van der Waals surface area contributed by atoms with Gasteiger partial charge in [0.2, 0.25) is 17.7 Å². The number of carbonyl (C=O) groups is 5. The number of nitrogens with two attached hydrogens (primary N) is 3. The summed E-state index contributed by atoms with van der Waals surface area (Å²) < 4.78 is 0. The van der Waals surface area contributed by atoms with Crippen molar-refractivity contribution in [3.05, 3.63) is 0 Å². The van der Waals surface area contributed by atoms with E-state index in [-0.39, 0.29) is 31.3 Å². The Hall–Kier alpha value is -3.46. The van der Waals surface area contributed by atoms with Crippen LogP contribution in [-0.4, -0.2) is 87.8 Å². The van der Waals surface area contributed by atoms with Gasteiger partial charge in [-0.1, -0.05) is 20.3 Å². The minimum Gasteiger partial charge on any atom is -0.481 e. The molecule has 15 nitrogen and oxygen atoms in total. The molecule has 0 spiro atoms. The minimum atomic E-state index is -1.69. The number of rotatable bonds is 16. The van der Waals surface area contributed by atoms with Gasteiger partial charge in [0.25, 0.3) is 0 Å². The topological polar surface area (TPSA) is 273 Å². The number of carboxylic acids is 2. The second kappa shape index (κ2) is 15.4. The van der Waals surface area contributed by atoms with E-state index < -0.39 is 66.4 Å². The molecule has 0 aromatic heterocycles. The summed E-state index contributed by atoms with van der Waals surface area (Å²) in [5, 5.41) is 35.1. The van der Waals surface area contributed by atoms with Gasteiger partial charge < -0.3 is 48.5 Å². The van der Waals surface area contributed by atoms with Gasteiger partial charge >= 0.3 is 11.9 Å². The molecule has 0 aromatic rings. The number of guanidine groups is 1. The zero-order chi connectivity index (χ0) is 27.3. The van der Waals surface area contributed by atoms with E-state index in [2.05, 4.69) is 20.9 Å². The van der Waals surface area contributed by atoms with Crippen molar-refractivity contribution in [3.8, 4) is 0 Å². The van der Waals surface area contributed by atoms with Crippen LogP contribution < -0.4 is 33.2 Å². The SMILES string of the molecule is CCC(C)C(N)C(=O)NC(C(=O)NC(CC(=O)O)C(=O)NC(CCCN=C(N)N)C(=O)O)C(C)O. The third-order valence-electron chi connectivity index (χ3n) is 5.19. The van der Waals surface area contributed by atoms with Crippen LogP contribution >= 0.6 is 0 Å². The molecule has 0 bridgehead atoms. The van der Waals surface area contributed by atoms with Crippen molar-refractivity contribution in [3.63, 3.8) is 0 Å². The van der Waals surface area contributed by atoms with Crippen molar-refractivity contribution in [2.24, 2.45) is 28.1 Å². The molecule has 0 rings (SSSR count). The van der Waals surface area contributed by atoms with E-state index in [1.807, 2.05) is 6.92 Å². The van der Waals surface area contributed by atoms with Gasteiger partial charge in [-0.3, -0.25) is 24.2 Å². The predicted octanol–water partition coefficient (Wildman–Crippen LogP) is -3.19. The number of aliphatic imine (C=N–C) groups is 1. The highest BCUT2D eigenvalue weighted by Gasteiger charge is 2.33. The number of hydrogen-bond donors (Lipinski definition) is 9. The van der Waals surface area contributed by atoms with Gasteiger partial charge in [0.1, 0.15) is 18.1 Å². The van der Waals surface area contributed by atoms with Crippen molar-refractivity contribution < 1.29 is 39.3 Å². The van der Waals surface area contributed by atoms with Crippen molar-refractivity contribution >= 4 is 35.6 Å². The standard InChI is InChI=1S/C20H37N7O8/c1-4-9(2)14(21)17(32)27-15(10(3)28)18(33)26-12(8-13(29)30)16(31)25-11(19(34)35)6-5-7-24-20(22)23/h9-12,14-15,28H,4-8,21H2,1-3H3,(H,25,31)(H,26,33)(H,27,32)(H,29,30)(H,34,35)(H4,22,23,24). The highest BCUT2D eigenvalue weighted by molar-refractivity contribution is 5.95. The first kappa shape index (κ1) is 31.5. The van der Waals surface area contributed by atoms with Gasteiger partial charge in [0.15, 0.2) is 5.96 Å². The highest BCUT2D eigenvalue weighted by atomic mass is 16.4. The van der Waals surface area contributed by atoms with Crippen LogP contribution in [0.25, 0.3) is 0 Å². The maximum absolute atomic E-state index is 12.7. The quantitative estimate of drug-likeness (QED) is 0.0574. The molecule has 12 N–H and O–H groups in total. The Morgan fingerprint density at radius 1 is 0.914 bits per heavy atom. The summed E-state index contributed by atoms with van der Waals surface area (Å²) in [7, 11) is 0. The summed E-state index contributed by atoms with van der Waals surface area (Å²) in [4.78, 5) is 64.2. The van der Waals surface area contributed by atoms with Crippen molar-refractivity contribution in [1.82, 2.24) is 16.0 Å². The Morgan fingerprint density at radius 2 is 1.49 bits per heavy atom. The molecule has 6 unspecified atom stereocenters. The van der Waals surface area contributed by atoms with E-state index in [0.717, 1.165) is 0 Å². The number of aliphatic hydroxyl groups excluding tert-OH is 1. The monoisotopic (exact) mass is 503 g/mol. The second-order valence-corrected chi connectivity index (χ2v) is 8.15. The van der Waals surface area contributed by atoms with Crippen LogP contribution in [0, 0.1) is 5.92 Å². The summed E-state index contributed by atoms with van der Waals surface area (Å²) in [6.45, 7) is 4.86. The average Bonchev–Trinajstić information content (AvgIpc) is 2.76. The molecule has 0 fully saturated rings. The third kappa shape index (κ3) is 12.0. The lowest BCUT2D eigenvalue weighted by molar-refractivity contribution is -0.144. The molecule has 0 aliphatic heterocycles. The summed E-state index contributed by atoms with van der Waals surface area (Å²) >= 11 is 0. The highest BCUT2D eigenvalue weighted by Crippen LogP contribution is 2.07. The second-order valence-electron chi connectivity index (χ2n) is 8.15. The molecule has 0 aliphatic carbocycles. The van der Waals surface area contributed by atoms with E-state index >= 15 is 0 Å². The van der Waals surface area contributed by atoms with E-state index in [4.69, 9.17) is 22.3 Å². The van der Waals surface area contributed by atoms with E-state index in [1.54, 1.807) is 6.92 Å². The van der Waals surface area contributed by atoms with Crippen molar-refractivity contribution in [2.75, 3.05) is 6.54 Å². The number of carboxylic acid groups (broad SMARTS) is 2. The van der Waals surface area contributed by atoms with Gasteiger partial charge in [-0.15, -0.1) is 0 Å². The molecule has 0 saturated heterocycles. The van der Waals surface area contributed by atoms with Gasteiger partial charge in [-0.2, -0.15) is 0 Å². The number of carbonyl (C=O) groups excluding carboxylic acids is 3. The van der Waals surface area contributed by atoms with Gasteiger partial charge in [0, 0.05) is 6.54 Å². The Labute approximate surface area is 202 Å². The Morgan fingerprint density at radius 3 is 1.94 bits per heavy atom. The largest absolute Gasteiger partial charge is 0.481 e. The molecule has 0 aliphatic rings. The molecule has 200 valence electrons. The van der Waals surface area contributed by atoms with Crippen LogP contribution in [0.5, 0.6) is 0 Å². The number of aliphatic carboxylic acids is 2. The molecular weight excluding hydrogens is 466 g/mol. The molecule has 35 heavy (non-hydrogen) atoms.